The van der Waals surface area contributed by atoms with Crippen LogP contribution in [-0.4, -0.2) is 4.40 Å². The van der Waals surface area contributed by atoms with Crippen molar-refractivity contribution in [3.63, 3.8) is 0 Å². The highest BCUT2D eigenvalue weighted by Crippen LogP contribution is 2.45. The maximum atomic E-state index is 2.50. The highest BCUT2D eigenvalue weighted by atomic mass is 32.1. The summed E-state index contributed by atoms with van der Waals surface area (Å²) >= 11 is 1.90. The molecule has 8 rings (SSSR count). The van der Waals surface area contributed by atoms with Gasteiger partial charge in [-0.2, -0.15) is 0 Å². The van der Waals surface area contributed by atoms with Gasteiger partial charge in [0.15, 0.2) is 0 Å². The maximum Gasteiger partial charge on any atom is 0.109 e. The summed E-state index contributed by atoms with van der Waals surface area (Å²) in [4.78, 5) is 2.62. The fourth-order valence-electron chi connectivity index (χ4n) is 5.63. The Morgan fingerprint density at radius 1 is 0.500 bits per heavy atom. The Morgan fingerprint density at radius 3 is 2.21 bits per heavy atom. The maximum absolute atomic E-state index is 2.50. The number of hydrogen-bond acceptors (Lipinski definition) is 1. The number of hydrogen-bond donors (Lipinski definition) is 0. The molecule has 34 heavy (non-hydrogen) atoms. The second-order valence-electron chi connectivity index (χ2n) is 8.99. The number of fused-ring (bicyclic) bond motifs is 6. The second kappa shape index (κ2) is 6.69. The van der Waals surface area contributed by atoms with E-state index in [1.54, 1.807) is 0 Å². The van der Waals surface area contributed by atoms with E-state index in [1.165, 1.54) is 69.7 Å². The Hall–Kier alpha value is -4.14. The van der Waals surface area contributed by atoms with Crippen LogP contribution in [0.2, 0.25) is 0 Å². The number of pyridine rings is 1. The minimum Gasteiger partial charge on any atom is -0.299 e. The van der Waals surface area contributed by atoms with E-state index in [1.807, 2.05) is 11.3 Å². The van der Waals surface area contributed by atoms with E-state index >= 15 is 0 Å². The fraction of sp³-hybridized carbons (Fsp3) is 0. The van der Waals surface area contributed by atoms with Crippen molar-refractivity contribution in [3.8, 4) is 21.6 Å². The Labute approximate surface area is 200 Å². The molecule has 1 nitrogen and oxygen atoms in total. The topological polar surface area (TPSA) is 4.41 Å². The van der Waals surface area contributed by atoms with Crippen LogP contribution in [0.4, 0.5) is 0 Å². The van der Waals surface area contributed by atoms with Crippen LogP contribution < -0.4 is 0 Å². The molecule has 0 saturated carbocycles. The van der Waals surface area contributed by atoms with E-state index in [2.05, 4.69) is 120 Å². The van der Waals surface area contributed by atoms with Crippen molar-refractivity contribution in [2.75, 3.05) is 0 Å². The average Bonchev–Trinajstić information content (AvgIpc) is 3.49. The van der Waals surface area contributed by atoms with Gasteiger partial charge in [-0.3, -0.25) is 4.40 Å². The smallest absolute Gasteiger partial charge is 0.109 e. The number of nitrogens with zero attached hydrogens (tertiary/aromatic N) is 1. The van der Waals surface area contributed by atoms with Gasteiger partial charge in [0.05, 0.1) is 11.0 Å². The van der Waals surface area contributed by atoms with Gasteiger partial charge in [0.2, 0.25) is 0 Å². The molecular weight excluding hydrogens is 430 g/mol. The first kappa shape index (κ1) is 18.3. The molecule has 8 aromatic rings. The van der Waals surface area contributed by atoms with Crippen molar-refractivity contribution >= 4 is 59.5 Å². The van der Waals surface area contributed by atoms with Gasteiger partial charge < -0.3 is 0 Å². The lowest BCUT2D eigenvalue weighted by Gasteiger charge is -2.09. The van der Waals surface area contributed by atoms with E-state index in [-0.39, 0.29) is 0 Å². The molecule has 158 valence electrons. The zero-order valence-corrected chi connectivity index (χ0v) is 19.1. The van der Waals surface area contributed by atoms with Crippen LogP contribution in [0.5, 0.6) is 0 Å². The molecule has 0 saturated heterocycles. The molecule has 0 aliphatic rings. The average molecular weight is 450 g/mol. The number of para-hydroxylation sites is 1. The molecule has 0 fully saturated rings. The third kappa shape index (κ3) is 2.38. The third-order valence-corrected chi connectivity index (χ3v) is 8.31. The first-order valence-corrected chi connectivity index (χ1v) is 12.4. The van der Waals surface area contributed by atoms with E-state index in [4.69, 9.17) is 0 Å². The summed E-state index contributed by atoms with van der Waals surface area (Å²) in [6, 6.07) is 42.1. The van der Waals surface area contributed by atoms with Crippen LogP contribution >= 0.6 is 11.3 Å². The summed E-state index contributed by atoms with van der Waals surface area (Å²) in [6.45, 7) is 0. The summed E-state index contributed by atoms with van der Waals surface area (Å²) in [5.41, 5.74) is 6.40. The minimum absolute atomic E-state index is 1.25. The summed E-state index contributed by atoms with van der Waals surface area (Å²) in [5.74, 6) is 0. The SMILES string of the molecule is c1ccc(-c2cccc(-c3cc4c5cccc6ccc7c8ccccc8n(c4s3)c7c65)c2)cc1. The van der Waals surface area contributed by atoms with Crippen LogP contribution in [0.3, 0.4) is 0 Å². The molecule has 0 unspecified atom stereocenters. The van der Waals surface area contributed by atoms with Gasteiger partial charge in [-0.1, -0.05) is 97.1 Å². The van der Waals surface area contributed by atoms with Crippen LogP contribution in [-0.2, 0) is 0 Å². The molecular formula is C32H19NS. The number of benzene rings is 5. The molecule has 0 aliphatic heterocycles. The fourth-order valence-corrected chi connectivity index (χ4v) is 6.82. The van der Waals surface area contributed by atoms with Crippen molar-refractivity contribution in [3.05, 3.63) is 115 Å². The van der Waals surface area contributed by atoms with Crippen molar-refractivity contribution in [2.45, 2.75) is 0 Å². The summed E-state index contributed by atoms with van der Waals surface area (Å²) in [6.07, 6.45) is 0. The zero-order valence-electron chi connectivity index (χ0n) is 18.3. The quantitative estimate of drug-likeness (QED) is 0.248. The lowest BCUT2D eigenvalue weighted by atomic mass is 9.99. The first-order valence-electron chi connectivity index (χ1n) is 11.6. The standard InChI is InChI=1S/C32H19NS/c1-2-8-20(9-3-1)22-11-6-12-23(18-22)29-19-27-25-14-7-10-21-16-17-26-24-13-4-5-15-28(24)33(32(27)34-29)31(26)30(21)25/h1-19H. The summed E-state index contributed by atoms with van der Waals surface area (Å²) in [7, 11) is 0. The van der Waals surface area contributed by atoms with Gasteiger partial charge >= 0.3 is 0 Å². The van der Waals surface area contributed by atoms with Gasteiger partial charge in [-0.25, -0.2) is 0 Å². The van der Waals surface area contributed by atoms with Crippen molar-refractivity contribution in [1.29, 1.82) is 0 Å². The number of aromatic nitrogens is 1. The number of thiophene rings is 1. The van der Waals surface area contributed by atoms with E-state index in [9.17, 15) is 0 Å². The lowest BCUT2D eigenvalue weighted by molar-refractivity contribution is 1.38. The highest BCUT2D eigenvalue weighted by molar-refractivity contribution is 7.22. The van der Waals surface area contributed by atoms with Crippen LogP contribution in [0, 0.1) is 0 Å². The molecule has 3 aromatic heterocycles. The molecule has 0 atom stereocenters. The van der Waals surface area contributed by atoms with Gasteiger partial charge in [-0.05, 0) is 45.7 Å². The second-order valence-corrected chi connectivity index (χ2v) is 10.0. The molecule has 0 radical (unpaired) electrons. The molecule has 0 spiro atoms. The van der Waals surface area contributed by atoms with Crippen molar-refractivity contribution < 1.29 is 0 Å². The van der Waals surface area contributed by atoms with Gasteiger partial charge in [0.25, 0.3) is 0 Å². The predicted octanol–water partition coefficient (Wildman–Crippen LogP) is 9.39. The Balaban J connectivity index is 1.50. The highest BCUT2D eigenvalue weighted by Gasteiger charge is 2.19. The molecule has 5 aromatic carbocycles. The molecule has 3 heterocycles. The third-order valence-electron chi connectivity index (χ3n) is 7.14. The van der Waals surface area contributed by atoms with Gasteiger partial charge in [0.1, 0.15) is 4.83 Å². The summed E-state index contributed by atoms with van der Waals surface area (Å²) < 4.78 is 2.50. The van der Waals surface area contributed by atoms with E-state index < -0.39 is 0 Å². The molecule has 0 amide bonds. The zero-order chi connectivity index (χ0) is 22.2. The normalized spacial score (nSPS) is 12.1. The Kier molecular flexibility index (Phi) is 3.60. The van der Waals surface area contributed by atoms with Gasteiger partial charge in [0, 0.05) is 26.4 Å². The number of rotatable bonds is 2. The molecule has 0 bridgehead atoms. The predicted molar refractivity (Wildman–Crippen MR) is 147 cm³/mol. The van der Waals surface area contributed by atoms with E-state index in [0.717, 1.165) is 0 Å². The molecule has 0 N–H and O–H groups in total. The van der Waals surface area contributed by atoms with E-state index in [0.29, 0.717) is 0 Å². The first-order chi connectivity index (χ1) is 16.9. The molecule has 2 heteroatoms. The van der Waals surface area contributed by atoms with Gasteiger partial charge in [-0.15, -0.1) is 11.3 Å². The van der Waals surface area contributed by atoms with Crippen molar-refractivity contribution in [1.82, 2.24) is 4.40 Å². The monoisotopic (exact) mass is 449 g/mol. The van der Waals surface area contributed by atoms with Crippen LogP contribution in [0.25, 0.3) is 69.7 Å². The Bertz CT molecular complexity index is 2010. The van der Waals surface area contributed by atoms with Crippen LogP contribution in [0.15, 0.2) is 115 Å². The lowest BCUT2D eigenvalue weighted by Crippen LogP contribution is -1.88. The summed E-state index contributed by atoms with van der Waals surface area (Å²) in [5, 5.41) is 8.00. The van der Waals surface area contributed by atoms with Crippen molar-refractivity contribution in [2.24, 2.45) is 0 Å². The minimum atomic E-state index is 1.25. The largest absolute Gasteiger partial charge is 0.299 e. The van der Waals surface area contributed by atoms with Crippen LogP contribution in [0.1, 0.15) is 0 Å². The Morgan fingerprint density at radius 2 is 1.26 bits per heavy atom. The molecule has 0 aliphatic carbocycles.